The molecule has 0 aliphatic rings. The van der Waals surface area contributed by atoms with Crippen molar-refractivity contribution in [3.05, 3.63) is 59.0 Å². The summed E-state index contributed by atoms with van der Waals surface area (Å²) in [5.74, 6) is 2.11. The molecule has 2 aromatic rings. The third-order valence-electron chi connectivity index (χ3n) is 3.68. The summed E-state index contributed by atoms with van der Waals surface area (Å²) in [6, 6.07) is 12.8. The fourth-order valence-electron chi connectivity index (χ4n) is 2.42. The van der Waals surface area contributed by atoms with E-state index in [9.17, 15) is 0 Å². The predicted octanol–water partition coefficient (Wildman–Crippen LogP) is 3.72. The molecule has 1 heterocycles. The van der Waals surface area contributed by atoms with E-state index in [-0.39, 0.29) is 0 Å². The Morgan fingerprint density at radius 1 is 1.10 bits per heavy atom. The van der Waals surface area contributed by atoms with Crippen LogP contribution in [0.1, 0.15) is 36.5 Å². The predicted molar refractivity (Wildman–Crippen MR) is 87.1 cm³/mol. The van der Waals surface area contributed by atoms with Crippen molar-refractivity contribution in [1.82, 2.24) is 10.2 Å². The lowest BCUT2D eigenvalue weighted by Gasteiger charge is -2.19. The Balaban J connectivity index is 1.98. The van der Waals surface area contributed by atoms with Gasteiger partial charge < -0.3 is 9.73 Å². The van der Waals surface area contributed by atoms with Gasteiger partial charge in [0.05, 0.1) is 13.1 Å². The van der Waals surface area contributed by atoms with Crippen LogP contribution >= 0.6 is 0 Å². The van der Waals surface area contributed by atoms with Crippen LogP contribution < -0.4 is 5.32 Å². The molecule has 0 amide bonds. The minimum Gasteiger partial charge on any atom is -0.463 e. The monoisotopic (exact) mass is 286 g/mol. The number of benzene rings is 1. The molecular weight excluding hydrogens is 260 g/mol. The molecule has 0 saturated heterocycles. The maximum Gasteiger partial charge on any atom is 0.120 e. The van der Waals surface area contributed by atoms with Crippen molar-refractivity contribution in [1.29, 1.82) is 0 Å². The van der Waals surface area contributed by atoms with Crippen molar-refractivity contribution < 1.29 is 4.42 Å². The van der Waals surface area contributed by atoms with E-state index in [1.807, 2.05) is 0 Å². The molecule has 0 spiro atoms. The van der Waals surface area contributed by atoms with Crippen LogP contribution in [0.2, 0.25) is 0 Å². The minimum atomic E-state index is 0.813. The highest BCUT2D eigenvalue weighted by Crippen LogP contribution is 2.17. The van der Waals surface area contributed by atoms with Gasteiger partial charge in [0.15, 0.2) is 0 Å². The highest BCUT2D eigenvalue weighted by atomic mass is 16.3. The molecule has 114 valence electrons. The molecule has 0 unspecified atom stereocenters. The average Bonchev–Trinajstić information content (AvgIpc) is 2.85. The van der Waals surface area contributed by atoms with E-state index in [1.54, 1.807) is 0 Å². The van der Waals surface area contributed by atoms with Crippen LogP contribution in [-0.2, 0) is 19.6 Å². The first-order valence-corrected chi connectivity index (χ1v) is 7.78. The summed E-state index contributed by atoms with van der Waals surface area (Å²) >= 11 is 0. The molecule has 3 heteroatoms. The Morgan fingerprint density at radius 3 is 2.52 bits per heavy atom. The normalized spacial score (nSPS) is 11.2. The van der Waals surface area contributed by atoms with Gasteiger partial charge in [0.1, 0.15) is 11.5 Å². The summed E-state index contributed by atoms with van der Waals surface area (Å²) in [5.41, 5.74) is 2.58. The molecule has 21 heavy (non-hydrogen) atoms. The highest BCUT2D eigenvalue weighted by Gasteiger charge is 2.11. The number of hydrogen-bond donors (Lipinski definition) is 1. The summed E-state index contributed by atoms with van der Waals surface area (Å²) in [7, 11) is 0. The summed E-state index contributed by atoms with van der Waals surface area (Å²) in [6.07, 6.45) is 0. The van der Waals surface area contributed by atoms with Gasteiger partial charge in [-0.1, -0.05) is 44.2 Å². The molecule has 0 aliphatic heterocycles. The van der Waals surface area contributed by atoms with E-state index >= 15 is 0 Å². The van der Waals surface area contributed by atoms with Gasteiger partial charge in [0.25, 0.3) is 0 Å². The Labute approximate surface area is 128 Å². The minimum absolute atomic E-state index is 0.813. The van der Waals surface area contributed by atoms with Crippen LogP contribution in [0.5, 0.6) is 0 Å². The van der Waals surface area contributed by atoms with Gasteiger partial charge in [-0.05, 0) is 37.2 Å². The zero-order valence-corrected chi connectivity index (χ0v) is 13.4. The van der Waals surface area contributed by atoms with Crippen LogP contribution in [0.15, 0.2) is 40.8 Å². The van der Waals surface area contributed by atoms with E-state index in [2.05, 4.69) is 67.4 Å². The maximum atomic E-state index is 5.98. The highest BCUT2D eigenvalue weighted by molar-refractivity contribution is 5.20. The smallest absolute Gasteiger partial charge is 0.120 e. The van der Waals surface area contributed by atoms with Gasteiger partial charge in [0.2, 0.25) is 0 Å². The fraction of sp³-hybridized carbons (Fsp3) is 0.444. The molecule has 1 N–H and O–H groups in total. The van der Waals surface area contributed by atoms with E-state index in [1.165, 1.54) is 11.1 Å². The number of hydrogen-bond acceptors (Lipinski definition) is 3. The van der Waals surface area contributed by atoms with E-state index in [4.69, 9.17) is 4.42 Å². The summed E-state index contributed by atoms with van der Waals surface area (Å²) in [5, 5.41) is 3.32. The van der Waals surface area contributed by atoms with Gasteiger partial charge in [-0.15, -0.1) is 0 Å². The quantitative estimate of drug-likeness (QED) is 0.801. The molecule has 0 fully saturated rings. The van der Waals surface area contributed by atoms with Gasteiger partial charge in [-0.25, -0.2) is 0 Å². The molecule has 0 saturated carbocycles. The lowest BCUT2D eigenvalue weighted by atomic mass is 10.2. The van der Waals surface area contributed by atoms with Crippen molar-refractivity contribution in [2.45, 2.75) is 40.4 Å². The third kappa shape index (κ3) is 4.73. The van der Waals surface area contributed by atoms with E-state index in [0.29, 0.717) is 0 Å². The second kappa shape index (κ2) is 8.01. The van der Waals surface area contributed by atoms with E-state index < -0.39 is 0 Å². The molecule has 0 aliphatic carbocycles. The van der Waals surface area contributed by atoms with Crippen molar-refractivity contribution in [3.8, 4) is 0 Å². The van der Waals surface area contributed by atoms with Crippen LogP contribution in [0.25, 0.3) is 0 Å². The van der Waals surface area contributed by atoms with Gasteiger partial charge >= 0.3 is 0 Å². The van der Waals surface area contributed by atoms with Gasteiger partial charge in [-0.3, -0.25) is 4.90 Å². The molecule has 0 atom stereocenters. The van der Waals surface area contributed by atoms with Crippen molar-refractivity contribution >= 4 is 0 Å². The first-order valence-electron chi connectivity index (χ1n) is 7.78. The zero-order valence-electron chi connectivity index (χ0n) is 13.4. The van der Waals surface area contributed by atoms with Gasteiger partial charge in [0, 0.05) is 6.54 Å². The zero-order chi connectivity index (χ0) is 15.1. The summed E-state index contributed by atoms with van der Waals surface area (Å²) < 4.78 is 5.98. The van der Waals surface area contributed by atoms with E-state index in [0.717, 1.165) is 44.2 Å². The van der Waals surface area contributed by atoms with Crippen molar-refractivity contribution in [3.63, 3.8) is 0 Å². The molecule has 1 aromatic carbocycles. The summed E-state index contributed by atoms with van der Waals surface area (Å²) in [6.45, 7) is 11.0. The fourth-order valence-corrected chi connectivity index (χ4v) is 2.42. The van der Waals surface area contributed by atoms with Crippen molar-refractivity contribution in [2.24, 2.45) is 0 Å². The summed E-state index contributed by atoms with van der Waals surface area (Å²) in [4.78, 5) is 2.39. The SMILES string of the molecule is CCNCc1oc(CN(CC)Cc2ccccc2)cc1C. The Kier molecular flexibility index (Phi) is 6.03. The standard InChI is InChI=1S/C18H26N2O/c1-4-19-12-18-15(3)11-17(21-18)14-20(5-2)13-16-9-7-6-8-10-16/h6-11,19H,4-5,12-14H2,1-3H3. The molecule has 2 rings (SSSR count). The molecule has 1 aromatic heterocycles. The van der Waals surface area contributed by atoms with Crippen LogP contribution in [0.4, 0.5) is 0 Å². The third-order valence-corrected chi connectivity index (χ3v) is 3.68. The number of nitrogens with one attached hydrogen (secondary N) is 1. The van der Waals surface area contributed by atoms with Crippen molar-refractivity contribution in [2.75, 3.05) is 13.1 Å². The first-order chi connectivity index (χ1) is 10.2. The lowest BCUT2D eigenvalue weighted by molar-refractivity contribution is 0.244. The Morgan fingerprint density at radius 2 is 1.86 bits per heavy atom. The molecular formula is C18H26N2O. The number of nitrogens with zero attached hydrogens (tertiary/aromatic N) is 1. The molecule has 0 radical (unpaired) electrons. The second-order valence-corrected chi connectivity index (χ2v) is 5.39. The van der Waals surface area contributed by atoms with Crippen LogP contribution in [0.3, 0.4) is 0 Å². The van der Waals surface area contributed by atoms with Crippen LogP contribution in [-0.4, -0.2) is 18.0 Å². The first kappa shape index (κ1) is 15.8. The number of aryl methyl sites for hydroxylation is 1. The van der Waals surface area contributed by atoms with Crippen LogP contribution in [0, 0.1) is 6.92 Å². The van der Waals surface area contributed by atoms with Gasteiger partial charge in [-0.2, -0.15) is 0 Å². The topological polar surface area (TPSA) is 28.4 Å². The number of furan rings is 1. The second-order valence-electron chi connectivity index (χ2n) is 5.39. The largest absolute Gasteiger partial charge is 0.463 e. The molecule has 3 nitrogen and oxygen atoms in total. The Bertz CT molecular complexity index is 533. The maximum absolute atomic E-state index is 5.98. The molecule has 0 bridgehead atoms. The average molecular weight is 286 g/mol. The lowest BCUT2D eigenvalue weighted by Crippen LogP contribution is -2.22. The Hall–Kier alpha value is -1.58. The number of rotatable bonds is 8.